The quantitative estimate of drug-likeness (QED) is 0.137. The van der Waals surface area contributed by atoms with Gasteiger partial charge in [-0.15, -0.1) is 0 Å². The van der Waals surface area contributed by atoms with E-state index in [0.29, 0.717) is 11.5 Å². The van der Waals surface area contributed by atoms with Gasteiger partial charge < -0.3 is 18.8 Å². The number of hydrogen-bond donors (Lipinski definition) is 2. The van der Waals surface area contributed by atoms with Crippen LogP contribution >= 0.6 is 17.2 Å². The Hall–Kier alpha value is -1.22. The molecule has 0 unspecified atom stereocenters. The largest absolute Gasteiger partial charge is 0.470 e. The Morgan fingerprint density at radius 3 is 1.41 bits per heavy atom. The number of hydrogen-bond acceptors (Lipinski definition) is 5. The van der Waals surface area contributed by atoms with Crippen LogP contribution < -0.4 is 9.05 Å². The number of rotatable bonds is 16. The van der Waals surface area contributed by atoms with Crippen molar-refractivity contribution in [1.82, 2.24) is 0 Å². The molecule has 0 aliphatic carbocycles. The maximum Gasteiger partial charge on any atom is 0.470 e. The molecule has 4 heterocycles. The lowest BCUT2D eigenvalue weighted by Gasteiger charge is -2.41. The minimum absolute atomic E-state index is 0.149. The molecule has 4 aliphatic heterocycles. The van der Waals surface area contributed by atoms with Crippen molar-refractivity contribution in [2.24, 2.45) is 0 Å². The summed E-state index contributed by atoms with van der Waals surface area (Å²) in [6.45, 7) is 22.2. The van der Waals surface area contributed by atoms with Crippen molar-refractivity contribution in [3.63, 3.8) is 0 Å². The minimum Gasteiger partial charge on any atom is -0.417 e. The summed E-state index contributed by atoms with van der Waals surface area (Å²) in [4.78, 5) is 19.8. The highest BCUT2D eigenvalue weighted by atomic mass is 31.2. The van der Waals surface area contributed by atoms with E-state index in [2.05, 4.69) is 93.5 Å². The molecule has 260 valence electrons. The molecule has 0 radical (unpaired) electrons. The molecule has 6 rings (SSSR count). The van der Waals surface area contributed by atoms with Crippen LogP contribution in [-0.4, -0.2) is 9.79 Å². The van der Waals surface area contributed by atoms with Gasteiger partial charge >= 0.3 is 17.2 Å². The lowest BCUT2D eigenvalue weighted by atomic mass is 9.64. The molecule has 0 atom stereocenters. The third-order valence-electron chi connectivity index (χ3n) is 9.67. The summed E-state index contributed by atoms with van der Waals surface area (Å²) in [6, 6.07) is 9.04. The first-order chi connectivity index (χ1) is 21.6. The highest BCUT2D eigenvalue weighted by Gasteiger charge is 2.40. The van der Waals surface area contributed by atoms with E-state index in [9.17, 15) is 9.79 Å². The summed E-state index contributed by atoms with van der Waals surface area (Å²) < 4.78 is 18.5. The van der Waals surface area contributed by atoms with E-state index < -0.39 is 17.2 Å². The zero-order valence-electron chi connectivity index (χ0n) is 30.7. The molecule has 0 fully saturated rings. The van der Waals surface area contributed by atoms with Crippen molar-refractivity contribution in [3.05, 3.63) is 57.6 Å². The Morgan fingerprint density at radius 1 is 0.630 bits per heavy atom. The van der Waals surface area contributed by atoms with Gasteiger partial charge in [0, 0.05) is 16.5 Å². The first kappa shape index (κ1) is 39.2. The van der Waals surface area contributed by atoms with Gasteiger partial charge in [0.15, 0.2) is 0 Å². The van der Waals surface area contributed by atoms with E-state index in [0.717, 1.165) is 30.4 Å². The smallest absolute Gasteiger partial charge is 0.417 e. The molecule has 0 saturated carbocycles. The minimum atomic E-state index is -2.68. The van der Waals surface area contributed by atoms with Crippen LogP contribution in [0.1, 0.15) is 179 Å². The third-order valence-corrected chi connectivity index (χ3v) is 11.5. The first-order valence-corrected chi connectivity index (χ1v) is 20.2. The van der Waals surface area contributed by atoms with Gasteiger partial charge in [-0.25, -0.2) is 4.31 Å². The lowest BCUT2D eigenvalue weighted by Crippen LogP contribution is -2.32. The highest BCUT2D eigenvalue weighted by Crippen LogP contribution is 2.56. The molecule has 0 saturated heterocycles. The second kappa shape index (κ2) is 17.4. The Kier molecular flexibility index (Phi) is 14.9. The van der Waals surface area contributed by atoms with Crippen molar-refractivity contribution in [2.45, 2.75) is 175 Å². The van der Waals surface area contributed by atoms with Crippen LogP contribution in [-0.2, 0) is 20.6 Å². The number of benzene rings is 2. The van der Waals surface area contributed by atoms with Crippen molar-refractivity contribution in [1.29, 1.82) is 0 Å². The molecular weight excluding hydrogens is 610 g/mol. The van der Waals surface area contributed by atoms with Crippen LogP contribution in [0.3, 0.4) is 0 Å². The summed E-state index contributed by atoms with van der Waals surface area (Å²) in [6.07, 6.45) is 17.9. The van der Waals surface area contributed by atoms with Crippen molar-refractivity contribution in [2.75, 3.05) is 0 Å². The van der Waals surface area contributed by atoms with Gasteiger partial charge in [0.05, 0.1) is 0 Å². The SMILES string of the molecule is CCCCCCCCCCCCCC1(CCC)c2cc(C(C)(C)C)c(cc2C)OP(OP(O)O)Oc2cc(C)c1cc2C(C)(C)C. The topological polar surface area (TPSA) is 68.2 Å². The van der Waals surface area contributed by atoms with E-state index >= 15 is 0 Å². The molecule has 4 bridgehead atoms. The Bertz CT molecular complexity index is 1170. The molecule has 5 nitrogen and oxygen atoms in total. The van der Waals surface area contributed by atoms with E-state index in [1.54, 1.807) is 0 Å². The maximum absolute atomic E-state index is 9.88. The summed E-state index contributed by atoms with van der Waals surface area (Å²) in [7, 11) is -4.80. The normalized spacial score (nSPS) is 18.4. The zero-order chi connectivity index (χ0) is 34.1. The fourth-order valence-corrected chi connectivity index (χ4v) is 8.72. The molecule has 0 spiro atoms. The lowest BCUT2D eigenvalue weighted by molar-refractivity contribution is 0.327. The fraction of sp³-hybridized carbons (Fsp3) is 0.692. The molecule has 46 heavy (non-hydrogen) atoms. The van der Waals surface area contributed by atoms with Crippen LogP contribution in [0.25, 0.3) is 0 Å². The van der Waals surface area contributed by atoms with Crippen LogP contribution in [0.4, 0.5) is 0 Å². The van der Waals surface area contributed by atoms with Crippen molar-refractivity contribution in [3.8, 4) is 11.5 Å². The standard InChI is InChI=1S/C39H64O5P2/c1-11-13-14-15-16-17-18-19-20-21-22-24-39(23-12-2)31-27-33(37(5,6)7)35(25-29(31)3)42-46(44-45(40)41)43-36-26-30(4)32(39)28-34(36)38(8,9)10/h25-28,40-41H,11-24H2,1-10H3. The average Bonchev–Trinajstić information content (AvgIpc) is 2.93. The predicted octanol–water partition coefficient (Wildman–Crippen LogP) is 12.9. The molecule has 7 heteroatoms. The zero-order valence-corrected chi connectivity index (χ0v) is 32.5. The number of unbranched alkanes of at least 4 members (excludes halogenated alkanes) is 10. The van der Waals surface area contributed by atoms with Gasteiger partial charge in [0.1, 0.15) is 11.5 Å². The van der Waals surface area contributed by atoms with E-state index in [1.165, 1.54) is 92.9 Å². The first-order valence-electron chi connectivity index (χ1n) is 18.0. The van der Waals surface area contributed by atoms with Crippen LogP contribution in [0, 0.1) is 13.8 Å². The van der Waals surface area contributed by atoms with Crippen LogP contribution in [0.15, 0.2) is 24.3 Å². The summed E-state index contributed by atoms with van der Waals surface area (Å²) in [5, 5.41) is 0. The molecular formula is C39H64O5P2. The van der Waals surface area contributed by atoms with Gasteiger partial charge in [0.25, 0.3) is 0 Å². The molecule has 0 amide bonds. The third kappa shape index (κ3) is 10.4. The monoisotopic (exact) mass is 674 g/mol. The van der Waals surface area contributed by atoms with Gasteiger partial charge in [-0.2, -0.15) is 0 Å². The van der Waals surface area contributed by atoms with Gasteiger partial charge in [-0.1, -0.05) is 145 Å². The predicted molar refractivity (Wildman–Crippen MR) is 197 cm³/mol. The maximum atomic E-state index is 9.88. The van der Waals surface area contributed by atoms with E-state index in [1.807, 2.05) is 0 Å². The average molecular weight is 675 g/mol. The molecule has 0 aromatic heterocycles. The van der Waals surface area contributed by atoms with Crippen molar-refractivity contribution >= 4 is 17.2 Å². The van der Waals surface area contributed by atoms with Gasteiger partial charge in [0.2, 0.25) is 0 Å². The summed E-state index contributed by atoms with van der Waals surface area (Å²) in [5.74, 6) is 1.36. The van der Waals surface area contributed by atoms with Crippen LogP contribution in [0.5, 0.6) is 11.5 Å². The Labute approximate surface area is 284 Å². The van der Waals surface area contributed by atoms with Crippen molar-refractivity contribution < 1.29 is 23.1 Å². The highest BCUT2D eigenvalue weighted by molar-refractivity contribution is 7.55. The van der Waals surface area contributed by atoms with E-state index in [-0.39, 0.29) is 16.2 Å². The fourth-order valence-electron chi connectivity index (χ4n) is 7.32. The Balaban J connectivity index is 2.09. The summed E-state index contributed by atoms with van der Waals surface area (Å²) in [5.41, 5.74) is 6.72. The van der Waals surface area contributed by atoms with E-state index in [4.69, 9.17) is 13.4 Å². The van der Waals surface area contributed by atoms with Crippen LogP contribution in [0.2, 0.25) is 0 Å². The second-order valence-electron chi connectivity index (χ2n) is 15.7. The summed E-state index contributed by atoms with van der Waals surface area (Å²) >= 11 is 0. The number of aryl methyl sites for hydroxylation is 2. The second-order valence-corrected chi connectivity index (χ2v) is 17.7. The molecule has 2 aromatic rings. The molecule has 2 N–H and O–H groups in total. The van der Waals surface area contributed by atoms with Gasteiger partial charge in [-0.3, -0.25) is 0 Å². The van der Waals surface area contributed by atoms with Gasteiger partial charge in [-0.05, 0) is 71.9 Å². The Morgan fingerprint density at radius 2 is 1.04 bits per heavy atom. The molecule has 4 aliphatic rings. The molecule has 2 aromatic carbocycles.